The molecule has 1 aliphatic rings. The molecule has 4 heteroatoms. The number of benzene rings is 1. The van der Waals surface area contributed by atoms with Crippen molar-refractivity contribution in [3.8, 4) is 0 Å². The van der Waals surface area contributed by atoms with E-state index in [2.05, 4.69) is 4.90 Å². The van der Waals surface area contributed by atoms with Gasteiger partial charge in [-0.05, 0) is 18.9 Å². The normalized spacial score (nSPS) is 15.8. The van der Waals surface area contributed by atoms with E-state index in [9.17, 15) is 9.90 Å². The predicted octanol–water partition coefficient (Wildman–Crippen LogP) is 1.41. The van der Waals surface area contributed by atoms with Crippen LogP contribution in [0.3, 0.4) is 0 Å². The highest BCUT2D eigenvalue weighted by Crippen LogP contribution is 2.30. The van der Waals surface area contributed by atoms with Gasteiger partial charge in [0.05, 0.1) is 13.2 Å². The van der Waals surface area contributed by atoms with Crippen LogP contribution in [0.25, 0.3) is 0 Å². The Kier molecular flexibility index (Phi) is 4.20. The smallest absolute Gasteiger partial charge is 0.236 e. The lowest BCUT2D eigenvalue weighted by atomic mass is 10.1. The maximum atomic E-state index is 11.3. The van der Waals surface area contributed by atoms with Crippen molar-refractivity contribution in [3.63, 3.8) is 0 Å². The van der Waals surface area contributed by atoms with Crippen molar-refractivity contribution in [2.75, 3.05) is 11.4 Å². The Labute approximate surface area is 107 Å². The van der Waals surface area contributed by atoms with Gasteiger partial charge in [-0.15, -0.1) is 0 Å². The van der Waals surface area contributed by atoms with Crippen LogP contribution in [-0.4, -0.2) is 23.6 Å². The molecule has 4 nitrogen and oxygen atoms in total. The number of amides is 1. The van der Waals surface area contributed by atoms with Crippen LogP contribution in [0.2, 0.25) is 0 Å². The maximum Gasteiger partial charge on any atom is 0.236 e. The molecule has 0 atom stereocenters. The average molecular weight is 248 g/mol. The molecular formula is C14H20N2O2. The standard InChI is InChI=1S/C14H20N2O2/c15-14(18)9-16(12-6-2-3-7-12)13-8-4-1-5-11(13)10-17/h1,4-5,8,12,17H,2-3,6-7,9-10H2,(H2,15,18). The van der Waals surface area contributed by atoms with Gasteiger partial charge in [-0.3, -0.25) is 4.79 Å². The zero-order chi connectivity index (χ0) is 13.0. The Bertz CT molecular complexity index is 414. The zero-order valence-electron chi connectivity index (χ0n) is 10.5. The second-order valence-electron chi connectivity index (χ2n) is 4.82. The Morgan fingerprint density at radius 2 is 2.00 bits per heavy atom. The second-order valence-corrected chi connectivity index (χ2v) is 4.82. The maximum absolute atomic E-state index is 11.3. The van der Waals surface area contributed by atoms with Crippen molar-refractivity contribution >= 4 is 11.6 Å². The molecule has 3 N–H and O–H groups in total. The predicted molar refractivity (Wildman–Crippen MR) is 71.2 cm³/mol. The number of hydrogen-bond acceptors (Lipinski definition) is 3. The Hall–Kier alpha value is -1.55. The van der Waals surface area contributed by atoms with Gasteiger partial charge in [0, 0.05) is 17.3 Å². The molecule has 0 spiro atoms. The molecule has 0 aliphatic heterocycles. The van der Waals surface area contributed by atoms with Gasteiger partial charge in [0.2, 0.25) is 5.91 Å². The lowest BCUT2D eigenvalue weighted by Gasteiger charge is -2.31. The van der Waals surface area contributed by atoms with Crippen LogP contribution in [0.1, 0.15) is 31.2 Å². The Balaban J connectivity index is 2.29. The number of carbonyl (C=O) groups is 1. The first-order chi connectivity index (χ1) is 8.72. The third-order valence-electron chi connectivity index (χ3n) is 3.56. The van der Waals surface area contributed by atoms with Crippen molar-refractivity contribution in [3.05, 3.63) is 29.8 Å². The molecule has 2 rings (SSSR count). The number of nitrogens with two attached hydrogens (primary N) is 1. The summed E-state index contributed by atoms with van der Waals surface area (Å²) in [6.45, 7) is 0.208. The second kappa shape index (κ2) is 5.87. The minimum atomic E-state index is -0.324. The molecule has 98 valence electrons. The summed E-state index contributed by atoms with van der Waals surface area (Å²) in [5.74, 6) is -0.324. The van der Waals surface area contributed by atoms with Gasteiger partial charge in [0.15, 0.2) is 0 Å². The van der Waals surface area contributed by atoms with Crippen LogP contribution in [0.15, 0.2) is 24.3 Å². The topological polar surface area (TPSA) is 66.6 Å². The van der Waals surface area contributed by atoms with Crippen LogP contribution in [-0.2, 0) is 11.4 Å². The number of primary amides is 1. The summed E-state index contributed by atoms with van der Waals surface area (Å²) in [6, 6.07) is 8.03. The van der Waals surface area contributed by atoms with E-state index in [0.29, 0.717) is 6.04 Å². The highest BCUT2D eigenvalue weighted by Gasteiger charge is 2.25. The molecule has 0 unspecified atom stereocenters. The molecule has 1 saturated carbocycles. The number of anilines is 1. The van der Waals surface area contributed by atoms with E-state index in [0.717, 1.165) is 24.1 Å². The summed E-state index contributed by atoms with van der Waals surface area (Å²) in [7, 11) is 0. The number of aliphatic hydroxyl groups excluding tert-OH is 1. The summed E-state index contributed by atoms with van der Waals surface area (Å²) < 4.78 is 0. The largest absolute Gasteiger partial charge is 0.392 e. The first-order valence-corrected chi connectivity index (χ1v) is 6.46. The van der Waals surface area contributed by atoms with Gasteiger partial charge in [0.1, 0.15) is 0 Å². The molecule has 1 aromatic rings. The van der Waals surface area contributed by atoms with Crippen LogP contribution in [0, 0.1) is 0 Å². The monoisotopic (exact) mass is 248 g/mol. The van der Waals surface area contributed by atoms with E-state index >= 15 is 0 Å². The van der Waals surface area contributed by atoms with Crippen LogP contribution < -0.4 is 10.6 Å². The zero-order valence-corrected chi connectivity index (χ0v) is 10.5. The van der Waals surface area contributed by atoms with Crippen LogP contribution in [0.5, 0.6) is 0 Å². The molecule has 1 amide bonds. The number of para-hydroxylation sites is 1. The van der Waals surface area contributed by atoms with Crippen molar-refractivity contribution in [2.24, 2.45) is 5.73 Å². The van der Waals surface area contributed by atoms with Gasteiger partial charge >= 0.3 is 0 Å². The van der Waals surface area contributed by atoms with Crippen LogP contribution >= 0.6 is 0 Å². The van der Waals surface area contributed by atoms with Crippen LogP contribution in [0.4, 0.5) is 5.69 Å². The fourth-order valence-corrected chi connectivity index (χ4v) is 2.72. The van der Waals surface area contributed by atoms with E-state index in [1.54, 1.807) is 0 Å². The van der Waals surface area contributed by atoms with Crippen molar-refractivity contribution < 1.29 is 9.90 Å². The van der Waals surface area contributed by atoms with E-state index in [1.807, 2.05) is 24.3 Å². The quantitative estimate of drug-likeness (QED) is 0.828. The summed E-state index contributed by atoms with van der Waals surface area (Å²) in [5.41, 5.74) is 7.14. The third kappa shape index (κ3) is 2.82. The van der Waals surface area contributed by atoms with Gasteiger partial charge in [0.25, 0.3) is 0 Å². The molecule has 18 heavy (non-hydrogen) atoms. The summed E-state index contributed by atoms with van der Waals surface area (Å²) in [5, 5.41) is 9.40. The summed E-state index contributed by atoms with van der Waals surface area (Å²) in [4.78, 5) is 13.3. The molecule has 0 aromatic heterocycles. The highest BCUT2D eigenvalue weighted by atomic mass is 16.3. The molecule has 1 fully saturated rings. The van der Waals surface area contributed by atoms with Gasteiger partial charge in [-0.2, -0.15) is 0 Å². The molecule has 1 aliphatic carbocycles. The van der Waals surface area contributed by atoms with Gasteiger partial charge < -0.3 is 15.7 Å². The SMILES string of the molecule is NC(=O)CN(c1ccccc1CO)C1CCCC1. The third-order valence-corrected chi connectivity index (χ3v) is 3.56. The van der Waals surface area contributed by atoms with Gasteiger partial charge in [-0.25, -0.2) is 0 Å². The Morgan fingerprint density at radius 1 is 1.33 bits per heavy atom. The fourth-order valence-electron chi connectivity index (χ4n) is 2.72. The highest BCUT2D eigenvalue weighted by molar-refractivity contribution is 5.80. The minimum absolute atomic E-state index is 0.0157. The molecule has 0 heterocycles. The minimum Gasteiger partial charge on any atom is -0.392 e. The first-order valence-electron chi connectivity index (χ1n) is 6.46. The van der Waals surface area contributed by atoms with Crippen molar-refractivity contribution in [2.45, 2.75) is 38.3 Å². The average Bonchev–Trinajstić information content (AvgIpc) is 2.89. The number of nitrogens with zero attached hydrogens (tertiary/aromatic N) is 1. The number of hydrogen-bond donors (Lipinski definition) is 2. The Morgan fingerprint density at radius 3 is 2.61 bits per heavy atom. The van der Waals surface area contributed by atoms with E-state index < -0.39 is 0 Å². The molecule has 0 saturated heterocycles. The molecular weight excluding hydrogens is 228 g/mol. The van der Waals surface area contributed by atoms with E-state index in [1.165, 1.54) is 12.8 Å². The van der Waals surface area contributed by atoms with E-state index in [4.69, 9.17) is 5.73 Å². The first kappa shape index (κ1) is 12.9. The lowest BCUT2D eigenvalue weighted by molar-refractivity contribution is -0.116. The summed E-state index contributed by atoms with van der Waals surface area (Å²) in [6.07, 6.45) is 4.57. The number of rotatable bonds is 5. The van der Waals surface area contributed by atoms with Crippen molar-refractivity contribution in [1.82, 2.24) is 0 Å². The number of carbonyl (C=O) groups excluding carboxylic acids is 1. The number of aliphatic hydroxyl groups is 1. The molecule has 0 radical (unpaired) electrons. The molecule has 0 bridgehead atoms. The van der Waals surface area contributed by atoms with Gasteiger partial charge in [-0.1, -0.05) is 31.0 Å². The summed E-state index contributed by atoms with van der Waals surface area (Å²) >= 11 is 0. The molecule has 1 aromatic carbocycles. The lowest BCUT2D eigenvalue weighted by Crippen LogP contribution is -2.40. The van der Waals surface area contributed by atoms with Crippen molar-refractivity contribution in [1.29, 1.82) is 0 Å². The fraction of sp³-hybridized carbons (Fsp3) is 0.500. The van der Waals surface area contributed by atoms with E-state index in [-0.39, 0.29) is 19.1 Å².